The fourth-order valence-electron chi connectivity index (χ4n) is 2.65. The average Bonchev–Trinajstić information content (AvgIpc) is 3.04. The first kappa shape index (κ1) is 14.3. The highest BCUT2D eigenvalue weighted by atomic mass is 16.1. The maximum absolute atomic E-state index is 12.3. The van der Waals surface area contributed by atoms with Gasteiger partial charge in [0.2, 0.25) is 5.91 Å². The number of H-pyrrole nitrogens is 1. The summed E-state index contributed by atoms with van der Waals surface area (Å²) in [4.78, 5) is 16.5. The molecule has 2 N–H and O–H groups in total. The van der Waals surface area contributed by atoms with Crippen molar-refractivity contribution in [2.45, 2.75) is 26.3 Å². The summed E-state index contributed by atoms with van der Waals surface area (Å²) in [5, 5.41) is 10.9. The van der Waals surface area contributed by atoms with E-state index in [1.165, 1.54) is 0 Å². The molecule has 3 aromatic rings. The topological polar surface area (TPSA) is 75.6 Å². The summed E-state index contributed by atoms with van der Waals surface area (Å²) in [5.74, 6) is 1.31. The van der Waals surface area contributed by atoms with Crippen molar-refractivity contribution in [1.29, 1.82) is 0 Å². The van der Waals surface area contributed by atoms with E-state index in [0.717, 1.165) is 22.3 Å². The molecule has 2 aromatic heterocycles. The molecule has 1 amide bonds. The number of hydrogen-bond acceptors (Lipinski definition) is 3. The molecular formula is C16H19N5O. The van der Waals surface area contributed by atoms with Gasteiger partial charge in [-0.15, -0.1) is 0 Å². The minimum atomic E-state index is -0.215. The van der Waals surface area contributed by atoms with Gasteiger partial charge in [0.15, 0.2) is 5.82 Å². The molecule has 0 aliphatic carbocycles. The number of carbonyl (C=O) groups is 1. The van der Waals surface area contributed by atoms with E-state index in [1.54, 1.807) is 0 Å². The van der Waals surface area contributed by atoms with E-state index in [0.29, 0.717) is 12.2 Å². The summed E-state index contributed by atoms with van der Waals surface area (Å²) in [6.45, 7) is 3.71. The van der Waals surface area contributed by atoms with Gasteiger partial charge in [0.05, 0.1) is 12.5 Å². The van der Waals surface area contributed by atoms with Crippen LogP contribution in [0.4, 0.5) is 0 Å². The molecule has 3 rings (SSSR count). The first-order valence-electron chi connectivity index (χ1n) is 7.26. The van der Waals surface area contributed by atoms with Gasteiger partial charge in [-0.05, 0) is 25.5 Å². The Morgan fingerprint density at radius 2 is 2.18 bits per heavy atom. The minimum absolute atomic E-state index is 0.0358. The Morgan fingerprint density at radius 3 is 2.91 bits per heavy atom. The number of aryl methyl sites for hydroxylation is 2. The number of amides is 1. The van der Waals surface area contributed by atoms with Crippen LogP contribution in [0.2, 0.25) is 0 Å². The van der Waals surface area contributed by atoms with E-state index >= 15 is 0 Å². The van der Waals surface area contributed by atoms with Gasteiger partial charge in [0, 0.05) is 24.1 Å². The molecule has 0 aliphatic rings. The van der Waals surface area contributed by atoms with Crippen LogP contribution in [0.15, 0.2) is 30.5 Å². The van der Waals surface area contributed by atoms with Crippen molar-refractivity contribution >= 4 is 16.8 Å². The smallest absolute Gasteiger partial charge is 0.225 e. The molecule has 1 aromatic carbocycles. The summed E-state index contributed by atoms with van der Waals surface area (Å²) in [6, 6.07) is 7.87. The predicted molar refractivity (Wildman–Crippen MR) is 84.3 cm³/mol. The zero-order valence-electron chi connectivity index (χ0n) is 12.9. The van der Waals surface area contributed by atoms with Gasteiger partial charge in [0.1, 0.15) is 5.82 Å². The number of benzene rings is 1. The van der Waals surface area contributed by atoms with Crippen LogP contribution in [0.1, 0.15) is 30.2 Å². The largest absolute Gasteiger partial charge is 0.350 e. The van der Waals surface area contributed by atoms with Gasteiger partial charge in [-0.1, -0.05) is 18.2 Å². The van der Waals surface area contributed by atoms with Crippen LogP contribution < -0.4 is 5.32 Å². The number of hydrogen-bond donors (Lipinski definition) is 2. The fourth-order valence-corrected chi connectivity index (χ4v) is 2.65. The number of aromatic nitrogens is 4. The lowest BCUT2D eigenvalue weighted by atomic mass is 10.1. The molecule has 0 bridgehead atoms. The second-order valence-electron chi connectivity index (χ2n) is 5.53. The second-order valence-corrected chi connectivity index (χ2v) is 5.53. The predicted octanol–water partition coefficient (Wildman–Crippen LogP) is 2.02. The standard InChI is InChI=1S/C16H19N5O/c1-10(16-18-11(2)19-20-16)17-15(22)8-12-9-21(3)14-7-5-4-6-13(12)14/h4-7,9-10H,8H2,1-3H3,(H,17,22)(H,18,19,20)/t10-/m0/s1. The maximum Gasteiger partial charge on any atom is 0.225 e. The molecular weight excluding hydrogens is 278 g/mol. The Morgan fingerprint density at radius 1 is 1.41 bits per heavy atom. The monoisotopic (exact) mass is 297 g/mol. The first-order chi connectivity index (χ1) is 10.5. The van der Waals surface area contributed by atoms with Crippen LogP contribution in [-0.4, -0.2) is 25.7 Å². The summed E-state index contributed by atoms with van der Waals surface area (Å²) in [7, 11) is 1.99. The van der Waals surface area contributed by atoms with Crippen LogP contribution in [0.25, 0.3) is 10.9 Å². The number of nitrogens with zero attached hydrogens (tertiary/aromatic N) is 3. The first-order valence-corrected chi connectivity index (χ1v) is 7.26. The van der Waals surface area contributed by atoms with Crippen LogP contribution in [0.3, 0.4) is 0 Å². The normalized spacial score (nSPS) is 12.5. The number of rotatable bonds is 4. The molecule has 114 valence electrons. The quantitative estimate of drug-likeness (QED) is 0.773. The molecule has 0 fully saturated rings. The van der Waals surface area contributed by atoms with Gasteiger partial charge >= 0.3 is 0 Å². The van der Waals surface area contributed by atoms with Crippen molar-refractivity contribution in [3.63, 3.8) is 0 Å². The maximum atomic E-state index is 12.3. The van der Waals surface area contributed by atoms with Crippen molar-refractivity contribution < 1.29 is 4.79 Å². The molecule has 1 atom stereocenters. The lowest BCUT2D eigenvalue weighted by molar-refractivity contribution is -0.121. The van der Waals surface area contributed by atoms with Gasteiger partial charge in [-0.25, -0.2) is 4.98 Å². The number of carbonyl (C=O) groups excluding carboxylic acids is 1. The lowest BCUT2D eigenvalue weighted by Gasteiger charge is -2.10. The molecule has 22 heavy (non-hydrogen) atoms. The van der Waals surface area contributed by atoms with E-state index < -0.39 is 0 Å². The van der Waals surface area contributed by atoms with Gasteiger partial charge < -0.3 is 9.88 Å². The third-order valence-electron chi connectivity index (χ3n) is 3.71. The molecule has 0 radical (unpaired) electrons. The molecule has 6 nitrogen and oxygen atoms in total. The Hall–Kier alpha value is -2.63. The Kier molecular flexibility index (Phi) is 3.66. The summed E-state index contributed by atoms with van der Waals surface area (Å²) in [6.07, 6.45) is 2.35. The van der Waals surface area contributed by atoms with Crippen molar-refractivity contribution in [2.24, 2.45) is 7.05 Å². The summed E-state index contributed by atoms with van der Waals surface area (Å²) in [5.41, 5.74) is 2.15. The van der Waals surface area contributed by atoms with E-state index in [9.17, 15) is 4.79 Å². The van der Waals surface area contributed by atoms with E-state index in [-0.39, 0.29) is 11.9 Å². The van der Waals surface area contributed by atoms with Gasteiger partial charge in [-0.2, -0.15) is 5.10 Å². The van der Waals surface area contributed by atoms with Crippen molar-refractivity contribution in [3.05, 3.63) is 47.7 Å². The van der Waals surface area contributed by atoms with Crippen LogP contribution in [-0.2, 0) is 18.3 Å². The van der Waals surface area contributed by atoms with E-state index in [2.05, 4.69) is 26.6 Å². The SMILES string of the molecule is Cc1nc([C@H](C)NC(=O)Cc2cn(C)c3ccccc23)n[nH]1. The highest BCUT2D eigenvalue weighted by molar-refractivity contribution is 5.89. The van der Waals surface area contributed by atoms with Crippen molar-refractivity contribution in [2.75, 3.05) is 0 Å². The highest BCUT2D eigenvalue weighted by Crippen LogP contribution is 2.20. The number of aromatic amines is 1. The Labute approximate surface area is 128 Å². The highest BCUT2D eigenvalue weighted by Gasteiger charge is 2.15. The lowest BCUT2D eigenvalue weighted by Crippen LogP contribution is -2.28. The minimum Gasteiger partial charge on any atom is -0.350 e. The second kappa shape index (κ2) is 5.63. The van der Waals surface area contributed by atoms with Crippen molar-refractivity contribution in [1.82, 2.24) is 25.1 Å². The van der Waals surface area contributed by atoms with Gasteiger partial charge in [-0.3, -0.25) is 9.89 Å². The molecule has 0 unspecified atom stereocenters. The number of nitrogens with one attached hydrogen (secondary N) is 2. The number of fused-ring (bicyclic) bond motifs is 1. The van der Waals surface area contributed by atoms with Crippen molar-refractivity contribution in [3.8, 4) is 0 Å². The fraction of sp³-hybridized carbons (Fsp3) is 0.312. The summed E-state index contributed by atoms with van der Waals surface area (Å²) < 4.78 is 2.04. The Balaban J connectivity index is 1.73. The third-order valence-corrected chi connectivity index (χ3v) is 3.71. The average molecular weight is 297 g/mol. The van der Waals surface area contributed by atoms with E-state index in [1.807, 2.05) is 49.9 Å². The molecule has 6 heteroatoms. The van der Waals surface area contributed by atoms with Crippen LogP contribution in [0.5, 0.6) is 0 Å². The molecule has 0 saturated carbocycles. The number of para-hydroxylation sites is 1. The Bertz CT molecular complexity index is 817. The van der Waals surface area contributed by atoms with Crippen LogP contribution in [0, 0.1) is 6.92 Å². The zero-order valence-corrected chi connectivity index (χ0v) is 12.9. The molecule has 0 spiro atoms. The summed E-state index contributed by atoms with van der Waals surface area (Å²) >= 11 is 0. The molecule has 0 aliphatic heterocycles. The third kappa shape index (κ3) is 2.72. The van der Waals surface area contributed by atoms with Gasteiger partial charge in [0.25, 0.3) is 0 Å². The van der Waals surface area contributed by atoms with E-state index in [4.69, 9.17) is 0 Å². The molecule has 2 heterocycles. The van der Waals surface area contributed by atoms with Crippen LogP contribution >= 0.6 is 0 Å². The zero-order chi connectivity index (χ0) is 15.7. The molecule has 0 saturated heterocycles.